The van der Waals surface area contributed by atoms with E-state index in [0.717, 1.165) is 17.8 Å². The molecule has 39 heavy (non-hydrogen) atoms. The summed E-state index contributed by atoms with van der Waals surface area (Å²) in [6.07, 6.45) is -4.39. The Morgan fingerprint density at radius 3 is 2.13 bits per heavy atom. The Morgan fingerprint density at radius 1 is 0.923 bits per heavy atom. The van der Waals surface area contributed by atoms with Crippen LogP contribution in [-0.4, -0.2) is 42.0 Å². The van der Waals surface area contributed by atoms with E-state index in [1.165, 1.54) is 45.2 Å². The lowest BCUT2D eigenvalue weighted by molar-refractivity contribution is -0.137. The van der Waals surface area contributed by atoms with Crippen molar-refractivity contribution in [2.75, 3.05) is 21.3 Å². The maximum absolute atomic E-state index is 13.0. The summed E-state index contributed by atoms with van der Waals surface area (Å²) in [6.45, 7) is 0.0538. The van der Waals surface area contributed by atoms with Gasteiger partial charge in [0.15, 0.2) is 22.5 Å². The second-order valence-electron chi connectivity index (χ2n) is 8.15. The largest absolute Gasteiger partial charge is 0.493 e. The quantitative estimate of drug-likeness (QED) is 0.256. The lowest BCUT2D eigenvalue weighted by atomic mass is 10.1. The van der Waals surface area contributed by atoms with Crippen molar-refractivity contribution in [3.63, 3.8) is 0 Å². The minimum atomic E-state index is -4.39. The molecule has 204 valence electrons. The molecule has 1 amide bonds. The summed E-state index contributed by atoms with van der Waals surface area (Å²) in [5.74, 6) is 1.51. The molecule has 0 aliphatic rings. The lowest BCUT2D eigenvalue weighted by Crippen LogP contribution is -2.24. The van der Waals surface area contributed by atoms with E-state index in [-0.39, 0.29) is 6.54 Å². The normalized spacial score (nSPS) is 11.2. The smallest absolute Gasteiger partial charge is 0.416 e. The third-order valence-corrected chi connectivity index (χ3v) is 6.70. The number of hydrogen-bond donors (Lipinski definition) is 1. The average Bonchev–Trinajstić information content (AvgIpc) is 3.36. The number of para-hydroxylation sites is 1. The number of methoxy groups -OCH3 is 3. The van der Waals surface area contributed by atoms with E-state index in [1.807, 2.05) is 30.3 Å². The number of carbonyl (C=O) groups is 1. The summed E-state index contributed by atoms with van der Waals surface area (Å²) in [5.41, 5.74) is 1.07. The van der Waals surface area contributed by atoms with Crippen LogP contribution in [0.25, 0.3) is 5.69 Å². The van der Waals surface area contributed by atoms with Gasteiger partial charge >= 0.3 is 6.18 Å². The maximum atomic E-state index is 13.0. The molecule has 0 atom stereocenters. The number of nitrogens with zero attached hydrogens (tertiary/aromatic N) is 3. The first-order chi connectivity index (χ1) is 18.7. The molecule has 0 spiro atoms. The summed E-state index contributed by atoms with van der Waals surface area (Å²) in [7, 11) is 4.40. The fourth-order valence-corrected chi connectivity index (χ4v) is 4.68. The van der Waals surface area contributed by atoms with Crippen LogP contribution in [0, 0.1) is 0 Å². The minimum absolute atomic E-state index is 0.0538. The first kappa shape index (κ1) is 27.8. The molecule has 3 aromatic carbocycles. The van der Waals surface area contributed by atoms with Crippen molar-refractivity contribution in [2.24, 2.45) is 0 Å². The summed E-state index contributed by atoms with van der Waals surface area (Å²) < 4.78 is 56.4. The van der Waals surface area contributed by atoms with Gasteiger partial charge in [-0.15, -0.1) is 10.2 Å². The van der Waals surface area contributed by atoms with E-state index in [1.54, 1.807) is 16.7 Å². The highest BCUT2D eigenvalue weighted by Gasteiger charge is 2.30. The van der Waals surface area contributed by atoms with Crippen LogP contribution in [0.5, 0.6) is 17.2 Å². The Hall–Kier alpha value is -4.19. The number of hydrogen-bond acceptors (Lipinski definition) is 7. The molecule has 1 heterocycles. The summed E-state index contributed by atoms with van der Waals surface area (Å²) in [4.78, 5) is 13.0. The number of aromatic nitrogens is 3. The zero-order valence-corrected chi connectivity index (χ0v) is 22.1. The molecular weight excluding hydrogens is 533 g/mol. The Morgan fingerprint density at radius 2 is 1.56 bits per heavy atom. The fourth-order valence-electron chi connectivity index (χ4n) is 3.76. The lowest BCUT2D eigenvalue weighted by Gasteiger charge is -2.14. The predicted molar refractivity (Wildman–Crippen MR) is 140 cm³/mol. The highest BCUT2D eigenvalue weighted by Crippen LogP contribution is 2.38. The van der Waals surface area contributed by atoms with Gasteiger partial charge in [-0.1, -0.05) is 42.1 Å². The monoisotopic (exact) mass is 558 g/mol. The van der Waals surface area contributed by atoms with Gasteiger partial charge in [-0.25, -0.2) is 0 Å². The van der Waals surface area contributed by atoms with Crippen molar-refractivity contribution in [3.05, 3.63) is 89.2 Å². The average molecular weight is 559 g/mol. The number of halogens is 3. The molecule has 8 nitrogen and oxygen atoms in total. The zero-order chi connectivity index (χ0) is 28.0. The summed E-state index contributed by atoms with van der Waals surface area (Å²) >= 11 is 1.32. The number of nitrogens with one attached hydrogen (secondary N) is 1. The molecule has 0 aliphatic carbocycles. The predicted octanol–water partition coefficient (Wildman–Crippen LogP) is 5.53. The molecule has 0 bridgehead atoms. The molecule has 0 aliphatic heterocycles. The number of amides is 1. The van der Waals surface area contributed by atoms with Crippen LogP contribution in [0.2, 0.25) is 0 Å². The van der Waals surface area contributed by atoms with E-state index >= 15 is 0 Å². The number of carbonyl (C=O) groups excluding carboxylic acids is 1. The number of benzene rings is 3. The van der Waals surface area contributed by atoms with Crippen molar-refractivity contribution >= 4 is 17.7 Å². The highest BCUT2D eigenvalue weighted by atomic mass is 32.2. The van der Waals surface area contributed by atoms with Crippen molar-refractivity contribution in [2.45, 2.75) is 23.6 Å². The van der Waals surface area contributed by atoms with Crippen LogP contribution in [0.15, 0.2) is 71.9 Å². The van der Waals surface area contributed by atoms with Crippen molar-refractivity contribution in [1.82, 2.24) is 20.1 Å². The second-order valence-corrected chi connectivity index (χ2v) is 9.09. The van der Waals surface area contributed by atoms with Gasteiger partial charge in [-0.2, -0.15) is 13.2 Å². The first-order valence-electron chi connectivity index (χ1n) is 11.6. The summed E-state index contributed by atoms with van der Waals surface area (Å²) in [6, 6.07) is 17.4. The molecule has 0 saturated carbocycles. The molecule has 0 unspecified atom stereocenters. The maximum Gasteiger partial charge on any atom is 0.416 e. The van der Waals surface area contributed by atoms with Gasteiger partial charge in [0, 0.05) is 17.0 Å². The number of alkyl halides is 3. The number of thioether (sulfide) groups is 1. The first-order valence-corrected chi connectivity index (χ1v) is 12.6. The molecule has 4 aromatic rings. The molecule has 0 radical (unpaired) electrons. The van der Waals surface area contributed by atoms with E-state index in [2.05, 4.69) is 15.5 Å². The van der Waals surface area contributed by atoms with E-state index in [4.69, 9.17) is 14.2 Å². The fraction of sp³-hybridized carbons (Fsp3) is 0.222. The molecule has 4 rings (SSSR count). The van der Waals surface area contributed by atoms with Crippen LogP contribution in [-0.2, 0) is 18.5 Å². The van der Waals surface area contributed by atoms with Gasteiger partial charge in [0.25, 0.3) is 5.91 Å². The number of rotatable bonds is 10. The molecule has 1 aromatic heterocycles. The van der Waals surface area contributed by atoms with E-state index in [9.17, 15) is 18.0 Å². The molecule has 1 N–H and O–H groups in total. The highest BCUT2D eigenvalue weighted by molar-refractivity contribution is 7.98. The summed E-state index contributed by atoms with van der Waals surface area (Å²) in [5, 5.41) is 11.9. The van der Waals surface area contributed by atoms with Gasteiger partial charge in [0.1, 0.15) is 0 Å². The Balaban J connectivity index is 1.54. The molecule has 12 heteroatoms. The SMILES string of the molecule is COc1cc(C(=O)NCc2nnc(SCc3ccc(C(F)(F)F)cc3)n2-c2ccccc2)cc(OC)c1OC. The Labute approximate surface area is 227 Å². The Bertz CT molecular complexity index is 1400. The third-order valence-electron chi connectivity index (χ3n) is 5.70. The Kier molecular flexibility index (Phi) is 8.65. The van der Waals surface area contributed by atoms with Crippen LogP contribution >= 0.6 is 11.8 Å². The minimum Gasteiger partial charge on any atom is -0.493 e. The van der Waals surface area contributed by atoms with Crippen molar-refractivity contribution in [1.29, 1.82) is 0 Å². The zero-order valence-electron chi connectivity index (χ0n) is 21.3. The van der Waals surface area contributed by atoms with Crippen LogP contribution < -0.4 is 19.5 Å². The third kappa shape index (κ3) is 6.45. The van der Waals surface area contributed by atoms with E-state index < -0.39 is 17.6 Å². The van der Waals surface area contributed by atoms with Crippen LogP contribution in [0.1, 0.15) is 27.3 Å². The van der Waals surface area contributed by atoms with Gasteiger partial charge in [-0.3, -0.25) is 9.36 Å². The van der Waals surface area contributed by atoms with Crippen molar-refractivity contribution in [3.8, 4) is 22.9 Å². The number of ether oxygens (including phenoxy) is 3. The standard InChI is InChI=1S/C27H25F3N4O4S/c1-36-21-13-18(14-22(37-2)24(21)38-3)25(35)31-15-23-32-33-26(34(23)20-7-5-4-6-8-20)39-16-17-9-11-19(12-10-17)27(28,29)30/h4-14H,15-16H2,1-3H3,(H,31,35). The van der Waals surface area contributed by atoms with Crippen LogP contribution in [0.4, 0.5) is 13.2 Å². The van der Waals surface area contributed by atoms with Gasteiger partial charge < -0.3 is 19.5 Å². The topological polar surface area (TPSA) is 87.5 Å². The van der Waals surface area contributed by atoms with Crippen molar-refractivity contribution < 1.29 is 32.2 Å². The molecule has 0 saturated heterocycles. The van der Waals surface area contributed by atoms with Gasteiger partial charge in [-0.05, 0) is 42.0 Å². The molecule has 0 fully saturated rings. The van der Waals surface area contributed by atoms with Gasteiger partial charge in [0.05, 0.1) is 33.4 Å². The van der Waals surface area contributed by atoms with Gasteiger partial charge in [0.2, 0.25) is 5.75 Å². The van der Waals surface area contributed by atoms with E-state index in [0.29, 0.717) is 45.1 Å². The van der Waals surface area contributed by atoms with Crippen LogP contribution in [0.3, 0.4) is 0 Å². The second kappa shape index (κ2) is 12.1. The molecular formula is C27H25F3N4O4S.